The van der Waals surface area contributed by atoms with Crippen LogP contribution in [0, 0.1) is 0 Å². The quantitative estimate of drug-likeness (QED) is 0.701. The van der Waals surface area contributed by atoms with Gasteiger partial charge in [-0.25, -0.2) is 0 Å². The Balaban J connectivity index is 2.63. The molecule has 1 aromatic heterocycles. The number of carboxylic acid groups (broad SMARTS) is 1. The number of hydrogen-bond acceptors (Lipinski definition) is 2. The minimum Gasteiger partial charge on any atom is -0.480 e. The van der Waals surface area contributed by atoms with Crippen molar-refractivity contribution in [3.8, 4) is 0 Å². The van der Waals surface area contributed by atoms with E-state index < -0.39 is 17.9 Å². The number of carbonyl (C=O) groups is 2. The first-order valence-electron chi connectivity index (χ1n) is 3.88. The summed E-state index contributed by atoms with van der Waals surface area (Å²) in [7, 11) is 0. The summed E-state index contributed by atoms with van der Waals surface area (Å²) in [5.41, 5.74) is 0.239. The lowest BCUT2D eigenvalue weighted by Crippen LogP contribution is -2.38. The van der Waals surface area contributed by atoms with Gasteiger partial charge < -0.3 is 15.4 Å². The van der Waals surface area contributed by atoms with E-state index in [0.29, 0.717) is 5.02 Å². The summed E-state index contributed by atoms with van der Waals surface area (Å²) in [5.74, 6) is -1.58. The Bertz CT molecular complexity index is 361. The zero-order valence-corrected chi connectivity index (χ0v) is 8.13. The van der Waals surface area contributed by atoms with Crippen LogP contribution in [0.15, 0.2) is 12.3 Å². The molecule has 6 heteroatoms. The van der Waals surface area contributed by atoms with E-state index in [4.69, 9.17) is 16.7 Å². The molecule has 0 aliphatic rings. The number of nitrogens with one attached hydrogen (secondary N) is 2. The maximum atomic E-state index is 11.3. The monoisotopic (exact) mass is 216 g/mol. The van der Waals surface area contributed by atoms with Crippen molar-refractivity contribution in [1.29, 1.82) is 0 Å². The van der Waals surface area contributed by atoms with Gasteiger partial charge in [-0.3, -0.25) is 9.59 Å². The van der Waals surface area contributed by atoms with Gasteiger partial charge in [-0.05, 0) is 13.0 Å². The molecule has 0 spiro atoms. The Morgan fingerprint density at radius 3 is 2.71 bits per heavy atom. The van der Waals surface area contributed by atoms with Gasteiger partial charge in [-0.15, -0.1) is 0 Å². The summed E-state index contributed by atoms with van der Waals surface area (Å²) < 4.78 is 0. The fourth-order valence-electron chi connectivity index (χ4n) is 0.835. The number of hydrogen-bond donors (Lipinski definition) is 3. The minimum absolute atomic E-state index is 0.239. The van der Waals surface area contributed by atoms with Crippen molar-refractivity contribution in [2.45, 2.75) is 13.0 Å². The molecule has 1 heterocycles. The standard InChI is InChI=1S/C8H9ClN2O3/c1-4(8(13)14)11-7(12)6-2-5(9)3-10-6/h2-4,10H,1H3,(H,11,12)(H,13,14)/t4-/m1/s1. The highest BCUT2D eigenvalue weighted by Gasteiger charge is 2.15. The number of rotatable bonds is 3. The number of aliphatic carboxylic acids is 1. The number of aromatic amines is 1. The maximum absolute atomic E-state index is 11.3. The number of aromatic nitrogens is 1. The number of halogens is 1. The van der Waals surface area contributed by atoms with Crippen molar-refractivity contribution in [3.63, 3.8) is 0 Å². The molecular weight excluding hydrogens is 208 g/mol. The van der Waals surface area contributed by atoms with Crippen molar-refractivity contribution in [2.24, 2.45) is 0 Å². The molecule has 1 amide bonds. The lowest BCUT2D eigenvalue weighted by molar-refractivity contribution is -0.138. The first kappa shape index (κ1) is 10.6. The second-order valence-electron chi connectivity index (χ2n) is 2.76. The van der Waals surface area contributed by atoms with Crippen molar-refractivity contribution < 1.29 is 14.7 Å². The lowest BCUT2D eigenvalue weighted by atomic mass is 10.3. The molecule has 1 atom stereocenters. The average Bonchev–Trinajstić information content (AvgIpc) is 2.51. The van der Waals surface area contributed by atoms with E-state index in [0.717, 1.165) is 0 Å². The highest BCUT2D eigenvalue weighted by molar-refractivity contribution is 6.30. The Hall–Kier alpha value is -1.49. The summed E-state index contributed by atoms with van der Waals surface area (Å²) in [5, 5.41) is 11.2. The van der Waals surface area contributed by atoms with Gasteiger partial charge in [0.15, 0.2) is 0 Å². The van der Waals surface area contributed by atoms with Gasteiger partial charge in [-0.2, -0.15) is 0 Å². The van der Waals surface area contributed by atoms with E-state index in [1.807, 2.05) is 0 Å². The fourth-order valence-corrected chi connectivity index (χ4v) is 0.999. The van der Waals surface area contributed by atoms with Gasteiger partial charge in [0, 0.05) is 6.20 Å². The molecule has 5 nitrogen and oxygen atoms in total. The van der Waals surface area contributed by atoms with Crippen LogP contribution in [-0.4, -0.2) is 28.0 Å². The summed E-state index contributed by atoms with van der Waals surface area (Å²) in [4.78, 5) is 24.3. The van der Waals surface area contributed by atoms with E-state index in [1.165, 1.54) is 19.2 Å². The fraction of sp³-hybridized carbons (Fsp3) is 0.250. The molecule has 0 saturated carbocycles. The third-order valence-electron chi connectivity index (χ3n) is 1.61. The predicted octanol–water partition coefficient (Wildman–Crippen LogP) is 0.871. The molecule has 0 unspecified atom stereocenters. The molecule has 76 valence electrons. The van der Waals surface area contributed by atoms with Crippen LogP contribution in [0.2, 0.25) is 5.02 Å². The number of H-pyrrole nitrogens is 1. The minimum atomic E-state index is -1.09. The second kappa shape index (κ2) is 4.15. The van der Waals surface area contributed by atoms with Crippen molar-refractivity contribution in [1.82, 2.24) is 10.3 Å². The SMILES string of the molecule is C[C@@H](NC(=O)c1cc(Cl)c[nH]1)C(=O)O. The second-order valence-corrected chi connectivity index (χ2v) is 3.20. The topological polar surface area (TPSA) is 82.2 Å². The number of carbonyl (C=O) groups excluding carboxylic acids is 1. The molecule has 3 N–H and O–H groups in total. The molecule has 1 aromatic rings. The van der Waals surface area contributed by atoms with Crippen molar-refractivity contribution in [2.75, 3.05) is 0 Å². The summed E-state index contributed by atoms with van der Waals surface area (Å²) in [6.45, 7) is 1.38. The molecule has 14 heavy (non-hydrogen) atoms. The van der Waals surface area contributed by atoms with Gasteiger partial charge in [0.05, 0.1) is 5.02 Å². The zero-order chi connectivity index (χ0) is 10.7. The summed E-state index contributed by atoms with van der Waals surface area (Å²) in [6, 6.07) is 0.496. The van der Waals surface area contributed by atoms with Crippen LogP contribution >= 0.6 is 11.6 Å². The van der Waals surface area contributed by atoms with Gasteiger partial charge in [0.1, 0.15) is 11.7 Å². The largest absolute Gasteiger partial charge is 0.480 e. The van der Waals surface area contributed by atoms with Gasteiger partial charge in [0.2, 0.25) is 0 Å². The van der Waals surface area contributed by atoms with E-state index >= 15 is 0 Å². The van der Waals surface area contributed by atoms with Crippen LogP contribution in [0.25, 0.3) is 0 Å². The zero-order valence-electron chi connectivity index (χ0n) is 7.37. The predicted molar refractivity (Wildman–Crippen MR) is 50.4 cm³/mol. The number of carboxylic acids is 1. The van der Waals surface area contributed by atoms with E-state index in [-0.39, 0.29) is 5.69 Å². The molecule has 0 bridgehead atoms. The molecule has 0 aromatic carbocycles. The normalized spacial score (nSPS) is 12.1. The summed E-state index contributed by atoms with van der Waals surface area (Å²) in [6.07, 6.45) is 1.45. The van der Waals surface area contributed by atoms with Gasteiger partial charge in [0.25, 0.3) is 5.91 Å². The van der Waals surface area contributed by atoms with E-state index in [1.54, 1.807) is 0 Å². The molecule has 0 fully saturated rings. The van der Waals surface area contributed by atoms with E-state index in [9.17, 15) is 9.59 Å². The first-order chi connectivity index (χ1) is 6.50. The molecule has 1 rings (SSSR count). The van der Waals surface area contributed by atoms with Crippen LogP contribution < -0.4 is 5.32 Å². The Kier molecular flexibility index (Phi) is 3.14. The Morgan fingerprint density at radius 1 is 1.64 bits per heavy atom. The molecule has 0 aliphatic carbocycles. The molecule has 0 aliphatic heterocycles. The Labute approximate surface area is 85.1 Å². The van der Waals surface area contributed by atoms with Crippen molar-refractivity contribution in [3.05, 3.63) is 23.0 Å². The highest BCUT2D eigenvalue weighted by Crippen LogP contribution is 2.09. The average molecular weight is 217 g/mol. The smallest absolute Gasteiger partial charge is 0.325 e. The molecular formula is C8H9ClN2O3. The van der Waals surface area contributed by atoms with Crippen LogP contribution in [-0.2, 0) is 4.79 Å². The number of amides is 1. The third-order valence-corrected chi connectivity index (χ3v) is 1.83. The first-order valence-corrected chi connectivity index (χ1v) is 4.26. The van der Waals surface area contributed by atoms with Crippen LogP contribution in [0.4, 0.5) is 0 Å². The van der Waals surface area contributed by atoms with Gasteiger partial charge >= 0.3 is 5.97 Å². The highest BCUT2D eigenvalue weighted by atomic mass is 35.5. The van der Waals surface area contributed by atoms with Crippen molar-refractivity contribution >= 4 is 23.5 Å². The van der Waals surface area contributed by atoms with E-state index in [2.05, 4.69) is 10.3 Å². The molecule has 0 radical (unpaired) electrons. The third kappa shape index (κ3) is 2.50. The van der Waals surface area contributed by atoms with Crippen LogP contribution in [0.1, 0.15) is 17.4 Å². The van der Waals surface area contributed by atoms with Gasteiger partial charge in [-0.1, -0.05) is 11.6 Å². The molecule has 0 saturated heterocycles. The summed E-state index contributed by atoms with van der Waals surface area (Å²) >= 11 is 5.58. The van der Waals surface area contributed by atoms with Crippen LogP contribution in [0.5, 0.6) is 0 Å². The van der Waals surface area contributed by atoms with Crippen LogP contribution in [0.3, 0.4) is 0 Å². The Morgan fingerprint density at radius 2 is 2.29 bits per heavy atom. The lowest BCUT2D eigenvalue weighted by Gasteiger charge is -2.07. The maximum Gasteiger partial charge on any atom is 0.325 e.